The lowest BCUT2D eigenvalue weighted by molar-refractivity contribution is -0.150. The maximum absolute atomic E-state index is 12.4. The van der Waals surface area contributed by atoms with E-state index in [9.17, 15) is 9.59 Å². The van der Waals surface area contributed by atoms with Crippen LogP contribution in [0.15, 0.2) is 24.3 Å². The smallest absolute Gasteiger partial charge is 0.331 e. The molecule has 1 aromatic carbocycles. The fourth-order valence-electron chi connectivity index (χ4n) is 2.58. The Hall–Kier alpha value is -2.04. The van der Waals surface area contributed by atoms with Gasteiger partial charge in [0.15, 0.2) is 0 Å². The van der Waals surface area contributed by atoms with Gasteiger partial charge in [0.2, 0.25) is 5.91 Å². The Morgan fingerprint density at radius 1 is 1.27 bits per heavy atom. The molecule has 0 spiro atoms. The van der Waals surface area contributed by atoms with Gasteiger partial charge in [-0.1, -0.05) is 19.1 Å². The van der Waals surface area contributed by atoms with E-state index in [2.05, 4.69) is 5.32 Å². The number of esters is 1. The summed E-state index contributed by atoms with van der Waals surface area (Å²) in [5.41, 5.74) is 0.163. The zero-order valence-corrected chi connectivity index (χ0v) is 13.5. The van der Waals surface area contributed by atoms with Crippen LogP contribution in [0.4, 0.5) is 0 Å². The van der Waals surface area contributed by atoms with E-state index >= 15 is 0 Å². The molecule has 1 saturated carbocycles. The second-order valence-corrected chi connectivity index (χ2v) is 5.89. The van der Waals surface area contributed by atoms with Gasteiger partial charge in [0.05, 0.1) is 14.2 Å². The Morgan fingerprint density at radius 3 is 2.41 bits per heavy atom. The van der Waals surface area contributed by atoms with Gasteiger partial charge in [0, 0.05) is 5.92 Å². The molecular weight excluding hydrogens is 282 g/mol. The number of benzene rings is 1. The molecule has 5 heteroatoms. The van der Waals surface area contributed by atoms with Crippen molar-refractivity contribution >= 4 is 11.9 Å². The third-order valence-corrected chi connectivity index (χ3v) is 4.41. The van der Waals surface area contributed by atoms with Crippen molar-refractivity contribution in [2.24, 2.45) is 5.92 Å². The van der Waals surface area contributed by atoms with Gasteiger partial charge >= 0.3 is 5.97 Å². The molecule has 120 valence electrons. The Kier molecular flexibility index (Phi) is 4.74. The Balaban J connectivity index is 1.99. The highest BCUT2D eigenvalue weighted by molar-refractivity contribution is 5.90. The summed E-state index contributed by atoms with van der Waals surface area (Å²) < 4.78 is 9.91. The van der Waals surface area contributed by atoms with Gasteiger partial charge < -0.3 is 14.8 Å². The van der Waals surface area contributed by atoms with Crippen molar-refractivity contribution in [2.75, 3.05) is 14.2 Å². The van der Waals surface area contributed by atoms with E-state index in [-0.39, 0.29) is 17.7 Å². The van der Waals surface area contributed by atoms with E-state index in [0.29, 0.717) is 6.42 Å². The third kappa shape index (κ3) is 3.24. The predicted molar refractivity (Wildman–Crippen MR) is 82.7 cm³/mol. The molecule has 5 nitrogen and oxygen atoms in total. The van der Waals surface area contributed by atoms with Gasteiger partial charge in [-0.05, 0) is 43.4 Å². The molecule has 0 unspecified atom stereocenters. The largest absolute Gasteiger partial charge is 0.497 e. The molecule has 22 heavy (non-hydrogen) atoms. The van der Waals surface area contributed by atoms with Crippen molar-refractivity contribution in [3.8, 4) is 5.75 Å². The lowest BCUT2D eigenvalue weighted by Gasteiger charge is -2.26. The summed E-state index contributed by atoms with van der Waals surface area (Å²) in [6.45, 7) is 3.55. The van der Waals surface area contributed by atoms with Gasteiger partial charge in [0.25, 0.3) is 0 Å². The number of carbonyl (C=O) groups excluding carboxylic acids is 2. The zero-order chi connectivity index (χ0) is 16.3. The monoisotopic (exact) mass is 305 g/mol. The minimum Gasteiger partial charge on any atom is -0.497 e. The molecule has 1 aliphatic carbocycles. The number of nitrogens with one attached hydrogen (secondary N) is 1. The molecule has 0 aromatic heterocycles. The molecule has 0 heterocycles. The summed E-state index contributed by atoms with van der Waals surface area (Å²) in [5.74, 6) is 0.434. The van der Waals surface area contributed by atoms with Gasteiger partial charge in [-0.2, -0.15) is 0 Å². The van der Waals surface area contributed by atoms with Crippen LogP contribution in [0.3, 0.4) is 0 Å². The van der Waals surface area contributed by atoms with Crippen molar-refractivity contribution in [1.82, 2.24) is 5.32 Å². The van der Waals surface area contributed by atoms with Crippen LogP contribution in [-0.4, -0.2) is 31.6 Å². The number of hydrogen-bond donors (Lipinski definition) is 1. The standard InChI is InChI=1S/C17H23NO4/c1-5-17(2,16(20)22-4)18-15(19)14-10-13(14)11-6-8-12(21-3)9-7-11/h6-9,13-14H,5,10H2,1-4H3,(H,18,19)/t13-,14-,17+/m1/s1. The molecule has 1 N–H and O–H groups in total. The summed E-state index contributed by atoms with van der Waals surface area (Å²) in [6.07, 6.45) is 1.30. The quantitative estimate of drug-likeness (QED) is 0.819. The SMILES string of the molecule is CC[C@](C)(NC(=O)[C@@H]1C[C@@H]1c1ccc(OC)cc1)C(=O)OC. The summed E-state index contributed by atoms with van der Waals surface area (Å²) in [6, 6.07) is 7.76. The lowest BCUT2D eigenvalue weighted by atomic mass is 9.98. The fraction of sp³-hybridized carbons (Fsp3) is 0.529. The van der Waals surface area contributed by atoms with Gasteiger partial charge in [-0.3, -0.25) is 4.79 Å². The maximum atomic E-state index is 12.4. The van der Waals surface area contributed by atoms with Crippen molar-refractivity contribution in [3.05, 3.63) is 29.8 Å². The van der Waals surface area contributed by atoms with Crippen LogP contribution < -0.4 is 10.1 Å². The topological polar surface area (TPSA) is 64.6 Å². The molecule has 1 aromatic rings. The maximum Gasteiger partial charge on any atom is 0.331 e. The number of hydrogen-bond acceptors (Lipinski definition) is 4. The van der Waals surface area contributed by atoms with E-state index in [4.69, 9.17) is 9.47 Å². The first-order valence-electron chi connectivity index (χ1n) is 7.49. The number of ether oxygens (including phenoxy) is 2. The second-order valence-electron chi connectivity index (χ2n) is 5.89. The number of rotatable bonds is 6. The second kappa shape index (κ2) is 6.38. The van der Waals surface area contributed by atoms with Gasteiger partial charge in [0.1, 0.15) is 11.3 Å². The Morgan fingerprint density at radius 2 is 1.91 bits per heavy atom. The van der Waals surface area contributed by atoms with Crippen LogP contribution in [0.2, 0.25) is 0 Å². The van der Waals surface area contributed by atoms with Crippen LogP contribution >= 0.6 is 0 Å². The summed E-state index contributed by atoms with van der Waals surface area (Å²) in [5, 5.41) is 2.84. The van der Waals surface area contributed by atoms with E-state index < -0.39 is 11.5 Å². The van der Waals surface area contributed by atoms with E-state index in [1.807, 2.05) is 31.2 Å². The van der Waals surface area contributed by atoms with E-state index in [1.165, 1.54) is 7.11 Å². The Bertz CT molecular complexity index is 554. The van der Waals surface area contributed by atoms with E-state index in [0.717, 1.165) is 17.7 Å². The lowest BCUT2D eigenvalue weighted by Crippen LogP contribution is -2.52. The number of methoxy groups -OCH3 is 2. The minimum atomic E-state index is -0.959. The highest BCUT2D eigenvalue weighted by atomic mass is 16.5. The number of amides is 1. The first kappa shape index (κ1) is 16.3. The summed E-state index contributed by atoms with van der Waals surface area (Å²) in [7, 11) is 2.96. The van der Waals surface area contributed by atoms with Gasteiger partial charge in [-0.15, -0.1) is 0 Å². The number of carbonyl (C=O) groups is 2. The van der Waals surface area contributed by atoms with Crippen LogP contribution in [0.1, 0.15) is 38.2 Å². The minimum absolute atomic E-state index is 0.0797. The molecule has 1 amide bonds. The molecule has 2 rings (SSSR count). The molecule has 0 saturated heterocycles. The molecule has 3 atom stereocenters. The van der Waals surface area contributed by atoms with Crippen molar-refractivity contribution in [1.29, 1.82) is 0 Å². The van der Waals surface area contributed by atoms with Crippen LogP contribution in [0.25, 0.3) is 0 Å². The van der Waals surface area contributed by atoms with Gasteiger partial charge in [-0.25, -0.2) is 4.79 Å². The molecule has 0 radical (unpaired) electrons. The van der Waals surface area contributed by atoms with Crippen LogP contribution in [-0.2, 0) is 14.3 Å². The fourth-order valence-corrected chi connectivity index (χ4v) is 2.58. The zero-order valence-electron chi connectivity index (χ0n) is 13.5. The molecule has 1 aliphatic rings. The average Bonchev–Trinajstić information content (AvgIpc) is 3.34. The first-order chi connectivity index (χ1) is 10.4. The normalized spacial score (nSPS) is 22.4. The van der Waals surface area contributed by atoms with E-state index in [1.54, 1.807) is 14.0 Å². The van der Waals surface area contributed by atoms with Crippen molar-refractivity contribution in [3.63, 3.8) is 0 Å². The highest BCUT2D eigenvalue weighted by Crippen LogP contribution is 2.48. The predicted octanol–water partition coefficient (Wildman–Crippen LogP) is 2.26. The average molecular weight is 305 g/mol. The summed E-state index contributed by atoms with van der Waals surface area (Å²) >= 11 is 0. The molecule has 1 fully saturated rings. The first-order valence-corrected chi connectivity index (χ1v) is 7.49. The molecular formula is C17H23NO4. The van der Waals surface area contributed by atoms with Crippen molar-refractivity contribution < 1.29 is 19.1 Å². The molecule has 0 aliphatic heterocycles. The van der Waals surface area contributed by atoms with Crippen molar-refractivity contribution in [2.45, 2.75) is 38.1 Å². The Labute approximate surface area is 131 Å². The molecule has 0 bridgehead atoms. The third-order valence-electron chi connectivity index (χ3n) is 4.41. The van der Waals surface area contributed by atoms with Crippen LogP contribution in [0.5, 0.6) is 5.75 Å². The summed E-state index contributed by atoms with van der Waals surface area (Å²) in [4.78, 5) is 24.2. The highest BCUT2D eigenvalue weighted by Gasteiger charge is 2.46. The van der Waals surface area contributed by atoms with Crippen LogP contribution in [0, 0.1) is 5.92 Å².